The van der Waals surface area contributed by atoms with Gasteiger partial charge in [0.1, 0.15) is 4.90 Å². The topological polar surface area (TPSA) is 43.4 Å². The Balaban J connectivity index is 2.54. The Kier molecular flexibility index (Phi) is 3.17. The van der Waals surface area contributed by atoms with E-state index in [2.05, 4.69) is 4.18 Å². The van der Waals surface area contributed by atoms with Crippen molar-refractivity contribution >= 4 is 43.3 Å². The quantitative estimate of drug-likeness (QED) is 0.531. The van der Waals surface area contributed by atoms with Gasteiger partial charge in [-0.15, -0.1) is 0 Å². The van der Waals surface area contributed by atoms with Crippen LogP contribution in [0.15, 0.2) is 53.4 Å². The smallest absolute Gasteiger partial charge is 0.270 e. The van der Waals surface area contributed by atoms with Crippen molar-refractivity contribution in [3.8, 4) is 0 Å². The van der Waals surface area contributed by atoms with Gasteiger partial charge in [0.15, 0.2) is 0 Å². The van der Waals surface area contributed by atoms with Gasteiger partial charge < -0.3 is 0 Å². The van der Waals surface area contributed by atoms with E-state index in [0.717, 1.165) is 23.3 Å². The van der Waals surface area contributed by atoms with Crippen LogP contribution in [0.5, 0.6) is 0 Å². The van der Waals surface area contributed by atoms with Crippen molar-refractivity contribution in [1.82, 2.24) is 0 Å². The fourth-order valence-corrected chi connectivity index (χ4v) is 3.74. The molecule has 102 valence electrons. The molecule has 0 amide bonds. The standard InChI is InChI=1S/C15H11ClO3S/c1-19-20(17,18)15-13-7-6-10-4-2-3-5-11(10)12(13)8-9-14(15)16/h2-9H,1H3. The van der Waals surface area contributed by atoms with Crippen molar-refractivity contribution in [2.75, 3.05) is 7.11 Å². The number of halogens is 1. The van der Waals surface area contributed by atoms with Crippen LogP contribution in [0.25, 0.3) is 21.5 Å². The Morgan fingerprint density at radius 3 is 2.35 bits per heavy atom. The Hall–Kier alpha value is -1.62. The molecule has 0 bridgehead atoms. The third-order valence-corrected chi connectivity index (χ3v) is 5.10. The summed E-state index contributed by atoms with van der Waals surface area (Å²) in [6, 6.07) is 14.8. The monoisotopic (exact) mass is 306 g/mol. The van der Waals surface area contributed by atoms with Gasteiger partial charge in [0.25, 0.3) is 10.1 Å². The van der Waals surface area contributed by atoms with Crippen molar-refractivity contribution in [2.24, 2.45) is 0 Å². The summed E-state index contributed by atoms with van der Waals surface area (Å²) in [5.41, 5.74) is 0. The first-order valence-electron chi connectivity index (χ1n) is 5.95. The molecule has 0 unspecified atom stereocenters. The van der Waals surface area contributed by atoms with E-state index in [1.807, 2.05) is 36.4 Å². The Bertz CT molecular complexity index is 917. The Labute approximate surface area is 121 Å². The number of benzene rings is 3. The summed E-state index contributed by atoms with van der Waals surface area (Å²) >= 11 is 6.06. The molecule has 20 heavy (non-hydrogen) atoms. The van der Waals surface area contributed by atoms with Crippen LogP contribution in [0.3, 0.4) is 0 Å². The van der Waals surface area contributed by atoms with Gasteiger partial charge in [-0.3, -0.25) is 4.18 Å². The minimum Gasteiger partial charge on any atom is -0.270 e. The summed E-state index contributed by atoms with van der Waals surface area (Å²) in [6.45, 7) is 0. The largest absolute Gasteiger partial charge is 0.298 e. The molecule has 3 rings (SSSR count). The highest BCUT2D eigenvalue weighted by atomic mass is 35.5. The van der Waals surface area contributed by atoms with Crippen molar-refractivity contribution in [1.29, 1.82) is 0 Å². The minimum absolute atomic E-state index is 0.0184. The molecule has 3 aromatic rings. The molecule has 0 saturated carbocycles. The minimum atomic E-state index is -3.86. The lowest BCUT2D eigenvalue weighted by atomic mass is 10.0. The maximum Gasteiger partial charge on any atom is 0.298 e. The lowest BCUT2D eigenvalue weighted by Gasteiger charge is -2.10. The normalized spacial score (nSPS) is 12.1. The summed E-state index contributed by atoms with van der Waals surface area (Å²) in [5, 5.41) is 3.59. The van der Waals surface area contributed by atoms with Crippen LogP contribution in [0.4, 0.5) is 0 Å². The Morgan fingerprint density at radius 1 is 0.900 bits per heavy atom. The molecule has 5 heteroatoms. The average molecular weight is 307 g/mol. The first-order valence-corrected chi connectivity index (χ1v) is 7.74. The second-order valence-corrected chi connectivity index (χ2v) is 6.44. The van der Waals surface area contributed by atoms with Gasteiger partial charge in [-0.05, 0) is 22.2 Å². The summed E-state index contributed by atoms with van der Waals surface area (Å²) < 4.78 is 28.7. The Morgan fingerprint density at radius 2 is 1.60 bits per heavy atom. The number of hydrogen-bond donors (Lipinski definition) is 0. The van der Waals surface area contributed by atoms with Gasteiger partial charge in [0, 0.05) is 5.39 Å². The molecule has 0 aliphatic carbocycles. The molecule has 0 atom stereocenters. The molecule has 0 radical (unpaired) electrons. The van der Waals surface area contributed by atoms with Crippen LogP contribution in [0.2, 0.25) is 5.02 Å². The van der Waals surface area contributed by atoms with E-state index in [4.69, 9.17) is 11.6 Å². The molecule has 0 saturated heterocycles. The van der Waals surface area contributed by atoms with Gasteiger partial charge in [-0.2, -0.15) is 8.42 Å². The van der Waals surface area contributed by atoms with E-state index in [9.17, 15) is 8.42 Å². The van der Waals surface area contributed by atoms with E-state index in [1.54, 1.807) is 12.1 Å². The van der Waals surface area contributed by atoms with Gasteiger partial charge in [-0.25, -0.2) is 0 Å². The number of hydrogen-bond acceptors (Lipinski definition) is 3. The fraction of sp³-hybridized carbons (Fsp3) is 0.0667. The molecular weight excluding hydrogens is 296 g/mol. The maximum absolute atomic E-state index is 12.1. The van der Waals surface area contributed by atoms with E-state index < -0.39 is 10.1 Å². The van der Waals surface area contributed by atoms with Crippen LogP contribution in [-0.2, 0) is 14.3 Å². The first kappa shape index (κ1) is 13.4. The molecule has 0 aromatic heterocycles. The van der Waals surface area contributed by atoms with Crippen LogP contribution in [0, 0.1) is 0 Å². The van der Waals surface area contributed by atoms with Gasteiger partial charge in [0.05, 0.1) is 12.1 Å². The van der Waals surface area contributed by atoms with E-state index in [0.29, 0.717) is 5.39 Å². The van der Waals surface area contributed by atoms with Crippen LogP contribution >= 0.6 is 11.6 Å². The van der Waals surface area contributed by atoms with Gasteiger partial charge >= 0.3 is 0 Å². The average Bonchev–Trinajstić information content (AvgIpc) is 2.46. The van der Waals surface area contributed by atoms with Gasteiger partial charge in [0.2, 0.25) is 0 Å². The number of fused-ring (bicyclic) bond motifs is 3. The van der Waals surface area contributed by atoms with Crippen LogP contribution < -0.4 is 0 Å². The van der Waals surface area contributed by atoms with Crippen LogP contribution in [0.1, 0.15) is 0 Å². The summed E-state index contributed by atoms with van der Waals surface area (Å²) in [4.78, 5) is 0.0184. The SMILES string of the molecule is COS(=O)(=O)c1c(Cl)ccc2c1ccc1ccccc12. The third kappa shape index (κ3) is 1.97. The first-order chi connectivity index (χ1) is 9.54. The summed E-state index contributed by atoms with van der Waals surface area (Å²) in [7, 11) is -2.73. The predicted molar refractivity (Wildman–Crippen MR) is 80.7 cm³/mol. The van der Waals surface area contributed by atoms with Crippen LogP contribution in [-0.4, -0.2) is 15.5 Å². The van der Waals surface area contributed by atoms with Crippen molar-refractivity contribution in [3.05, 3.63) is 53.6 Å². The fourth-order valence-electron chi connectivity index (χ4n) is 2.37. The van der Waals surface area contributed by atoms with E-state index >= 15 is 0 Å². The third-order valence-electron chi connectivity index (χ3n) is 3.30. The zero-order valence-electron chi connectivity index (χ0n) is 10.6. The second kappa shape index (κ2) is 4.74. The van der Waals surface area contributed by atoms with Crippen molar-refractivity contribution in [3.63, 3.8) is 0 Å². The highest BCUT2D eigenvalue weighted by Crippen LogP contribution is 2.34. The molecule has 0 N–H and O–H groups in total. The molecule has 0 spiro atoms. The van der Waals surface area contributed by atoms with E-state index in [1.165, 1.54) is 0 Å². The van der Waals surface area contributed by atoms with Gasteiger partial charge in [-0.1, -0.05) is 54.1 Å². The molecule has 0 heterocycles. The lowest BCUT2D eigenvalue weighted by Crippen LogP contribution is -2.04. The predicted octanol–water partition coefficient (Wildman–Crippen LogP) is 3.98. The summed E-state index contributed by atoms with van der Waals surface area (Å²) in [6.07, 6.45) is 0. The maximum atomic E-state index is 12.1. The lowest BCUT2D eigenvalue weighted by molar-refractivity contribution is 0.398. The molecule has 3 aromatic carbocycles. The second-order valence-electron chi connectivity index (χ2n) is 4.38. The molecule has 0 fully saturated rings. The molecule has 0 aliphatic rings. The molecule has 3 nitrogen and oxygen atoms in total. The highest BCUT2D eigenvalue weighted by Gasteiger charge is 2.21. The number of rotatable bonds is 2. The van der Waals surface area contributed by atoms with E-state index in [-0.39, 0.29) is 9.92 Å². The molecule has 0 aliphatic heterocycles. The zero-order chi connectivity index (χ0) is 14.3. The van der Waals surface area contributed by atoms with Crippen molar-refractivity contribution < 1.29 is 12.6 Å². The zero-order valence-corrected chi connectivity index (χ0v) is 12.2. The van der Waals surface area contributed by atoms with Crippen molar-refractivity contribution in [2.45, 2.75) is 4.90 Å². The highest BCUT2D eigenvalue weighted by molar-refractivity contribution is 7.87. The summed E-state index contributed by atoms with van der Waals surface area (Å²) in [5.74, 6) is 0. The molecular formula is C15H11ClO3S.